The van der Waals surface area contributed by atoms with Crippen molar-refractivity contribution in [2.24, 2.45) is 0 Å². The Morgan fingerprint density at radius 3 is 2.85 bits per heavy atom. The van der Waals surface area contributed by atoms with Crippen LogP contribution in [0.5, 0.6) is 0 Å². The molecule has 0 unspecified atom stereocenters. The van der Waals surface area contributed by atoms with Crippen LogP contribution in [0.25, 0.3) is 0 Å². The van der Waals surface area contributed by atoms with E-state index >= 15 is 0 Å². The largest absolute Gasteiger partial charge is 0.384 e. The first kappa shape index (κ1) is 15.0. The lowest BCUT2D eigenvalue weighted by Crippen LogP contribution is -2.09. The molecular weight excluding hydrogens is 256 g/mol. The Balaban J connectivity index is 1.61. The Hall–Kier alpha value is -1.40. The van der Waals surface area contributed by atoms with E-state index in [1.807, 2.05) is 0 Å². The summed E-state index contributed by atoms with van der Waals surface area (Å²) in [6.45, 7) is 2.96. The van der Waals surface area contributed by atoms with Crippen molar-refractivity contribution in [1.82, 2.24) is 9.97 Å². The maximum absolute atomic E-state index is 5.80. The van der Waals surface area contributed by atoms with Crippen LogP contribution in [0.2, 0.25) is 0 Å². The molecule has 6 heteroatoms. The molecule has 1 aromatic rings. The van der Waals surface area contributed by atoms with Crippen LogP contribution in [0.1, 0.15) is 37.4 Å². The van der Waals surface area contributed by atoms with E-state index in [0.29, 0.717) is 24.9 Å². The molecule has 20 heavy (non-hydrogen) atoms. The van der Waals surface area contributed by atoms with Gasteiger partial charge < -0.3 is 20.5 Å². The number of methoxy groups -OCH3 is 1. The van der Waals surface area contributed by atoms with Crippen molar-refractivity contribution in [3.8, 4) is 0 Å². The van der Waals surface area contributed by atoms with Crippen molar-refractivity contribution >= 4 is 11.6 Å². The molecule has 0 radical (unpaired) electrons. The first-order chi connectivity index (χ1) is 9.79. The highest BCUT2D eigenvalue weighted by Gasteiger charge is 2.27. The quantitative estimate of drug-likeness (QED) is 0.636. The number of unbranched alkanes of at least 4 members (excludes halogenated alkanes) is 1. The molecule has 0 atom stereocenters. The zero-order chi connectivity index (χ0) is 14.2. The van der Waals surface area contributed by atoms with Crippen molar-refractivity contribution in [2.75, 3.05) is 44.5 Å². The Kier molecular flexibility index (Phi) is 6.01. The van der Waals surface area contributed by atoms with Gasteiger partial charge in [0.25, 0.3) is 0 Å². The van der Waals surface area contributed by atoms with Crippen LogP contribution in [0.4, 0.5) is 11.6 Å². The Morgan fingerprint density at radius 1 is 1.25 bits per heavy atom. The summed E-state index contributed by atoms with van der Waals surface area (Å²) in [5.41, 5.74) is 5.80. The zero-order valence-corrected chi connectivity index (χ0v) is 12.1. The van der Waals surface area contributed by atoms with Gasteiger partial charge in [-0.3, -0.25) is 0 Å². The molecule has 0 spiro atoms. The molecule has 0 saturated heterocycles. The minimum absolute atomic E-state index is 0.522. The first-order valence-electron chi connectivity index (χ1n) is 7.24. The van der Waals surface area contributed by atoms with Crippen LogP contribution in [0.3, 0.4) is 0 Å². The van der Waals surface area contributed by atoms with Crippen LogP contribution in [0, 0.1) is 0 Å². The minimum Gasteiger partial charge on any atom is -0.384 e. The van der Waals surface area contributed by atoms with E-state index in [4.69, 9.17) is 15.2 Å². The summed E-state index contributed by atoms with van der Waals surface area (Å²) in [4.78, 5) is 8.78. The van der Waals surface area contributed by atoms with E-state index in [1.54, 1.807) is 13.2 Å². The molecule has 1 aliphatic rings. The summed E-state index contributed by atoms with van der Waals surface area (Å²) in [5, 5.41) is 3.30. The van der Waals surface area contributed by atoms with Crippen LogP contribution in [-0.4, -0.2) is 43.4 Å². The fourth-order valence-corrected chi connectivity index (χ4v) is 1.89. The standard InChI is InChI=1S/C14H24N4O2/c1-19-8-9-20-7-3-2-6-16-13-10-12(15)17-14(18-13)11-4-5-11/h10-11H,2-9H2,1H3,(H3,15,16,17,18). The number of nitrogens with one attached hydrogen (secondary N) is 1. The van der Waals surface area contributed by atoms with E-state index in [0.717, 1.165) is 37.6 Å². The summed E-state index contributed by atoms with van der Waals surface area (Å²) < 4.78 is 10.3. The second-order valence-electron chi connectivity index (χ2n) is 5.05. The number of hydrogen-bond donors (Lipinski definition) is 2. The number of hydrogen-bond acceptors (Lipinski definition) is 6. The minimum atomic E-state index is 0.522. The molecule has 112 valence electrons. The fraction of sp³-hybridized carbons (Fsp3) is 0.714. The highest BCUT2D eigenvalue weighted by molar-refractivity contribution is 5.45. The third-order valence-corrected chi connectivity index (χ3v) is 3.16. The molecule has 3 N–H and O–H groups in total. The average Bonchev–Trinajstić information content (AvgIpc) is 3.26. The maximum Gasteiger partial charge on any atom is 0.136 e. The Bertz CT molecular complexity index is 410. The van der Waals surface area contributed by atoms with Gasteiger partial charge in [0.1, 0.15) is 17.5 Å². The van der Waals surface area contributed by atoms with E-state index in [1.165, 1.54) is 12.8 Å². The van der Waals surface area contributed by atoms with Crippen LogP contribution in [0.15, 0.2) is 6.07 Å². The number of aromatic nitrogens is 2. The maximum atomic E-state index is 5.80. The monoisotopic (exact) mass is 280 g/mol. The third-order valence-electron chi connectivity index (χ3n) is 3.16. The van der Waals surface area contributed by atoms with Gasteiger partial charge in [0.2, 0.25) is 0 Å². The summed E-state index contributed by atoms with van der Waals surface area (Å²) in [6, 6.07) is 1.79. The SMILES string of the molecule is COCCOCCCCNc1cc(N)nc(C2CC2)n1. The molecular formula is C14H24N4O2. The number of rotatable bonds is 10. The van der Waals surface area contributed by atoms with Gasteiger partial charge in [-0.25, -0.2) is 9.97 Å². The van der Waals surface area contributed by atoms with E-state index in [-0.39, 0.29) is 0 Å². The predicted octanol–water partition coefficient (Wildman–Crippen LogP) is 1.79. The second kappa shape index (κ2) is 8.01. The van der Waals surface area contributed by atoms with E-state index < -0.39 is 0 Å². The van der Waals surface area contributed by atoms with E-state index in [2.05, 4.69) is 15.3 Å². The van der Waals surface area contributed by atoms with Crippen LogP contribution in [-0.2, 0) is 9.47 Å². The summed E-state index contributed by atoms with van der Waals surface area (Å²) >= 11 is 0. The van der Waals surface area contributed by atoms with Crippen molar-refractivity contribution in [1.29, 1.82) is 0 Å². The number of nitrogens with two attached hydrogens (primary N) is 1. The van der Waals surface area contributed by atoms with Gasteiger partial charge in [-0.2, -0.15) is 0 Å². The lowest BCUT2D eigenvalue weighted by Gasteiger charge is -2.08. The zero-order valence-electron chi connectivity index (χ0n) is 12.1. The van der Waals surface area contributed by atoms with Crippen molar-refractivity contribution in [2.45, 2.75) is 31.6 Å². The van der Waals surface area contributed by atoms with E-state index in [9.17, 15) is 0 Å². The molecule has 1 heterocycles. The number of nitrogens with zero attached hydrogens (tertiary/aromatic N) is 2. The smallest absolute Gasteiger partial charge is 0.136 e. The molecule has 0 amide bonds. The molecule has 0 bridgehead atoms. The molecule has 1 saturated carbocycles. The number of nitrogen functional groups attached to an aromatic ring is 1. The van der Waals surface area contributed by atoms with Gasteiger partial charge in [-0.05, 0) is 25.7 Å². The highest BCUT2D eigenvalue weighted by Crippen LogP contribution is 2.38. The lowest BCUT2D eigenvalue weighted by molar-refractivity contribution is 0.0691. The summed E-state index contributed by atoms with van der Waals surface area (Å²) in [5.74, 6) is 2.79. The van der Waals surface area contributed by atoms with Crippen LogP contribution < -0.4 is 11.1 Å². The number of ether oxygens (including phenoxy) is 2. The average molecular weight is 280 g/mol. The molecule has 0 aromatic carbocycles. The van der Waals surface area contributed by atoms with Crippen molar-refractivity contribution < 1.29 is 9.47 Å². The molecule has 1 fully saturated rings. The van der Waals surface area contributed by atoms with Gasteiger partial charge in [0, 0.05) is 32.2 Å². The van der Waals surface area contributed by atoms with Gasteiger partial charge in [0.15, 0.2) is 0 Å². The fourth-order valence-electron chi connectivity index (χ4n) is 1.89. The number of anilines is 2. The van der Waals surface area contributed by atoms with Gasteiger partial charge in [-0.15, -0.1) is 0 Å². The Labute approximate surface area is 120 Å². The molecule has 1 aliphatic carbocycles. The van der Waals surface area contributed by atoms with Crippen molar-refractivity contribution in [3.05, 3.63) is 11.9 Å². The Morgan fingerprint density at radius 2 is 2.10 bits per heavy atom. The molecule has 6 nitrogen and oxygen atoms in total. The normalized spacial score (nSPS) is 14.4. The van der Waals surface area contributed by atoms with Crippen molar-refractivity contribution in [3.63, 3.8) is 0 Å². The summed E-state index contributed by atoms with van der Waals surface area (Å²) in [7, 11) is 1.68. The lowest BCUT2D eigenvalue weighted by atomic mass is 10.3. The second-order valence-corrected chi connectivity index (χ2v) is 5.05. The molecule has 1 aromatic heterocycles. The summed E-state index contributed by atoms with van der Waals surface area (Å²) in [6.07, 6.45) is 4.42. The van der Waals surface area contributed by atoms with Gasteiger partial charge in [-0.1, -0.05) is 0 Å². The van der Waals surface area contributed by atoms with Gasteiger partial charge in [0.05, 0.1) is 13.2 Å². The molecule has 0 aliphatic heterocycles. The first-order valence-corrected chi connectivity index (χ1v) is 7.24. The predicted molar refractivity (Wildman–Crippen MR) is 78.8 cm³/mol. The topological polar surface area (TPSA) is 82.3 Å². The highest BCUT2D eigenvalue weighted by atomic mass is 16.5. The molecule has 2 rings (SSSR count). The third kappa shape index (κ3) is 5.30. The van der Waals surface area contributed by atoms with Gasteiger partial charge >= 0.3 is 0 Å². The van der Waals surface area contributed by atoms with Crippen LogP contribution >= 0.6 is 0 Å².